The third-order valence-corrected chi connectivity index (χ3v) is 3.20. The number of nitrogens with zero attached hydrogens (tertiary/aromatic N) is 4. The molecule has 0 spiro atoms. The van der Waals surface area contributed by atoms with Crippen molar-refractivity contribution >= 4 is 17.5 Å². The van der Waals surface area contributed by atoms with Gasteiger partial charge < -0.3 is 15.5 Å². The maximum atomic E-state index is 11.0. The molecule has 112 valence electrons. The van der Waals surface area contributed by atoms with E-state index in [0.29, 0.717) is 19.0 Å². The second kappa shape index (κ2) is 6.47. The number of hydrogen-bond donors (Lipinski definition) is 2. The first-order valence-electron chi connectivity index (χ1n) is 6.44. The van der Waals surface area contributed by atoms with Gasteiger partial charge in [-0.3, -0.25) is 10.1 Å². The summed E-state index contributed by atoms with van der Waals surface area (Å²) >= 11 is 0. The monoisotopic (exact) mass is 282 g/mol. The summed E-state index contributed by atoms with van der Waals surface area (Å²) in [5, 5.41) is 17.0. The van der Waals surface area contributed by atoms with Crippen molar-refractivity contribution in [1.29, 1.82) is 0 Å². The predicted octanol–water partition coefficient (Wildman–Crippen LogP) is 1.57. The molecular weight excluding hydrogens is 260 g/mol. The van der Waals surface area contributed by atoms with Crippen LogP contribution in [0.2, 0.25) is 0 Å². The normalized spacial score (nSPS) is 11.5. The molecule has 1 heterocycles. The van der Waals surface area contributed by atoms with Crippen LogP contribution in [0, 0.1) is 10.1 Å². The Kier molecular flexibility index (Phi) is 5.20. The Morgan fingerprint density at radius 3 is 2.55 bits per heavy atom. The lowest BCUT2D eigenvalue weighted by Crippen LogP contribution is -2.44. The number of rotatable bonds is 7. The lowest BCUT2D eigenvalue weighted by Gasteiger charge is -2.32. The molecule has 0 amide bonds. The lowest BCUT2D eigenvalue weighted by molar-refractivity contribution is -0.384. The molecule has 20 heavy (non-hydrogen) atoms. The van der Waals surface area contributed by atoms with Crippen molar-refractivity contribution in [2.75, 3.05) is 37.8 Å². The second-order valence-electron chi connectivity index (χ2n) is 5.28. The first-order valence-corrected chi connectivity index (χ1v) is 6.44. The van der Waals surface area contributed by atoms with Gasteiger partial charge in [0, 0.05) is 18.6 Å². The third-order valence-electron chi connectivity index (χ3n) is 3.20. The predicted molar refractivity (Wildman–Crippen MR) is 79.1 cm³/mol. The van der Waals surface area contributed by atoms with Crippen molar-refractivity contribution in [2.24, 2.45) is 0 Å². The van der Waals surface area contributed by atoms with Crippen LogP contribution in [0.25, 0.3) is 0 Å². The second-order valence-corrected chi connectivity index (χ2v) is 5.28. The average Bonchev–Trinajstić information content (AvgIpc) is 2.36. The molecule has 1 rings (SSSR count). The maximum Gasteiger partial charge on any atom is 0.329 e. The summed E-state index contributed by atoms with van der Waals surface area (Å²) in [5.41, 5.74) is -0.279. The van der Waals surface area contributed by atoms with E-state index in [2.05, 4.69) is 20.6 Å². The molecule has 0 aliphatic heterocycles. The van der Waals surface area contributed by atoms with Crippen LogP contribution >= 0.6 is 0 Å². The molecule has 2 N–H and O–H groups in total. The Hall–Kier alpha value is -1.96. The van der Waals surface area contributed by atoms with Gasteiger partial charge >= 0.3 is 5.69 Å². The van der Waals surface area contributed by atoms with Gasteiger partial charge in [0.15, 0.2) is 0 Å². The lowest BCUT2D eigenvalue weighted by atomic mass is 10.0. The minimum atomic E-state index is -0.485. The van der Waals surface area contributed by atoms with Gasteiger partial charge in [-0.2, -0.15) is 4.98 Å². The molecule has 0 radical (unpaired) electrons. The fraction of sp³-hybridized carbons (Fsp3) is 0.667. The standard InChI is InChI=1S/C12H22N6O2/c1-6-13-11-14-7-9(18(19)20)10(16-11)15-8-12(2,3)17(4)5/h7H,6,8H2,1-5H3,(H2,13,14,15,16). The van der Waals surface area contributed by atoms with Crippen LogP contribution in [0.4, 0.5) is 17.5 Å². The van der Waals surface area contributed by atoms with Crippen molar-refractivity contribution in [3.05, 3.63) is 16.3 Å². The van der Waals surface area contributed by atoms with Gasteiger partial charge in [-0.15, -0.1) is 0 Å². The van der Waals surface area contributed by atoms with E-state index in [0.717, 1.165) is 0 Å². The molecule has 0 aromatic carbocycles. The smallest absolute Gasteiger partial charge is 0.329 e. The summed E-state index contributed by atoms with van der Waals surface area (Å²) in [5.74, 6) is 0.610. The number of anilines is 2. The van der Waals surface area contributed by atoms with Crippen LogP contribution in [0.15, 0.2) is 6.20 Å². The minimum Gasteiger partial charge on any atom is -0.362 e. The van der Waals surface area contributed by atoms with Crippen molar-refractivity contribution in [3.63, 3.8) is 0 Å². The van der Waals surface area contributed by atoms with Gasteiger partial charge in [0.25, 0.3) is 0 Å². The van der Waals surface area contributed by atoms with Crippen LogP contribution in [0.3, 0.4) is 0 Å². The molecule has 8 nitrogen and oxygen atoms in total. The summed E-state index contributed by atoms with van der Waals surface area (Å²) in [6.45, 7) is 7.17. The van der Waals surface area contributed by atoms with Crippen molar-refractivity contribution in [1.82, 2.24) is 14.9 Å². The molecule has 0 aliphatic carbocycles. The number of aromatic nitrogens is 2. The summed E-state index contributed by atoms with van der Waals surface area (Å²) in [6, 6.07) is 0. The number of hydrogen-bond acceptors (Lipinski definition) is 7. The summed E-state index contributed by atoms with van der Waals surface area (Å²) < 4.78 is 0. The average molecular weight is 282 g/mol. The Morgan fingerprint density at radius 1 is 1.40 bits per heavy atom. The van der Waals surface area contributed by atoms with Gasteiger partial charge in [0.05, 0.1) is 4.92 Å². The zero-order valence-electron chi connectivity index (χ0n) is 12.6. The number of likely N-dealkylation sites (N-methyl/N-ethyl adjacent to an activating group) is 1. The Balaban J connectivity index is 2.96. The van der Waals surface area contributed by atoms with Crippen LogP contribution in [0.5, 0.6) is 0 Å². The van der Waals surface area contributed by atoms with Crippen LogP contribution in [-0.2, 0) is 0 Å². The Bertz CT molecular complexity index is 475. The molecule has 0 unspecified atom stereocenters. The van der Waals surface area contributed by atoms with E-state index >= 15 is 0 Å². The highest BCUT2D eigenvalue weighted by molar-refractivity contribution is 5.57. The van der Waals surface area contributed by atoms with Crippen LogP contribution in [-0.4, -0.2) is 52.5 Å². The SMILES string of the molecule is CCNc1ncc([N+](=O)[O-])c(NCC(C)(C)N(C)C)n1. The molecule has 8 heteroatoms. The summed E-state index contributed by atoms with van der Waals surface area (Å²) in [4.78, 5) is 20.6. The zero-order chi connectivity index (χ0) is 15.3. The highest BCUT2D eigenvalue weighted by Crippen LogP contribution is 2.23. The maximum absolute atomic E-state index is 11.0. The van der Waals surface area contributed by atoms with Crippen LogP contribution in [0.1, 0.15) is 20.8 Å². The molecule has 0 fully saturated rings. The van der Waals surface area contributed by atoms with Crippen molar-refractivity contribution < 1.29 is 4.92 Å². The summed E-state index contributed by atoms with van der Waals surface area (Å²) in [6.07, 6.45) is 1.22. The number of nitro groups is 1. The molecule has 1 aromatic rings. The van der Waals surface area contributed by atoms with Gasteiger partial charge in [-0.05, 0) is 34.9 Å². The van der Waals surface area contributed by atoms with E-state index in [9.17, 15) is 10.1 Å². The van der Waals surface area contributed by atoms with Gasteiger partial charge in [0.2, 0.25) is 11.8 Å². The highest BCUT2D eigenvalue weighted by atomic mass is 16.6. The first-order chi connectivity index (χ1) is 9.27. The largest absolute Gasteiger partial charge is 0.362 e. The Labute approximate surface area is 118 Å². The van der Waals surface area contributed by atoms with Gasteiger partial charge in [0.1, 0.15) is 6.20 Å². The quantitative estimate of drug-likeness (QED) is 0.578. The van der Waals surface area contributed by atoms with Gasteiger partial charge in [-0.1, -0.05) is 0 Å². The fourth-order valence-electron chi connectivity index (χ4n) is 1.34. The zero-order valence-corrected chi connectivity index (χ0v) is 12.6. The molecule has 0 aliphatic rings. The molecule has 0 atom stereocenters. The van der Waals surface area contributed by atoms with E-state index in [1.807, 2.05) is 39.8 Å². The van der Waals surface area contributed by atoms with Crippen molar-refractivity contribution in [2.45, 2.75) is 26.3 Å². The Morgan fingerprint density at radius 2 is 2.05 bits per heavy atom. The third kappa shape index (κ3) is 4.02. The van der Waals surface area contributed by atoms with E-state index in [-0.39, 0.29) is 17.0 Å². The van der Waals surface area contributed by atoms with E-state index in [4.69, 9.17) is 0 Å². The summed E-state index contributed by atoms with van der Waals surface area (Å²) in [7, 11) is 3.92. The highest BCUT2D eigenvalue weighted by Gasteiger charge is 2.23. The van der Waals surface area contributed by atoms with E-state index < -0.39 is 4.92 Å². The van der Waals surface area contributed by atoms with Gasteiger partial charge in [-0.25, -0.2) is 4.98 Å². The molecule has 1 aromatic heterocycles. The van der Waals surface area contributed by atoms with Crippen LogP contribution < -0.4 is 10.6 Å². The molecular formula is C12H22N6O2. The molecule has 0 bridgehead atoms. The van der Waals surface area contributed by atoms with Crippen molar-refractivity contribution in [3.8, 4) is 0 Å². The molecule has 0 saturated carbocycles. The first kappa shape index (κ1) is 16.1. The van der Waals surface area contributed by atoms with E-state index in [1.165, 1.54) is 6.20 Å². The minimum absolute atomic E-state index is 0.124. The number of nitrogens with one attached hydrogen (secondary N) is 2. The fourth-order valence-corrected chi connectivity index (χ4v) is 1.34. The van der Waals surface area contributed by atoms with E-state index in [1.54, 1.807) is 0 Å². The topological polar surface area (TPSA) is 96.2 Å². The molecule has 0 saturated heterocycles.